The highest BCUT2D eigenvalue weighted by Crippen LogP contribution is 2.25. The number of carbonyl (C=O) groups excluding carboxylic acids is 1. The lowest BCUT2D eigenvalue weighted by molar-refractivity contribution is 0.0996. The SMILES string of the molecule is COc1cccc2cc(C(N)=O)c(=Nc3cc(C)ccc3F)oc12. The summed E-state index contributed by atoms with van der Waals surface area (Å²) in [7, 11) is 1.50. The number of nitrogens with zero attached hydrogens (tertiary/aromatic N) is 1. The number of carbonyl (C=O) groups is 1. The van der Waals surface area contributed by atoms with Gasteiger partial charge in [0.05, 0.1) is 7.11 Å². The lowest BCUT2D eigenvalue weighted by Gasteiger charge is -2.06. The molecular formula is C18H15FN2O3. The third-order valence-electron chi connectivity index (χ3n) is 3.55. The van der Waals surface area contributed by atoms with Crippen molar-refractivity contribution in [3.63, 3.8) is 0 Å². The van der Waals surface area contributed by atoms with E-state index < -0.39 is 11.7 Å². The third kappa shape index (κ3) is 2.86. The summed E-state index contributed by atoms with van der Waals surface area (Å²) in [6, 6.07) is 11.3. The van der Waals surface area contributed by atoms with Gasteiger partial charge in [-0.1, -0.05) is 18.2 Å². The zero-order chi connectivity index (χ0) is 17.3. The van der Waals surface area contributed by atoms with Gasteiger partial charge in [-0.25, -0.2) is 9.38 Å². The van der Waals surface area contributed by atoms with Gasteiger partial charge in [-0.05, 0) is 36.8 Å². The molecule has 0 radical (unpaired) electrons. The Balaban J connectivity index is 2.36. The fourth-order valence-electron chi connectivity index (χ4n) is 2.36. The van der Waals surface area contributed by atoms with Gasteiger partial charge in [0.15, 0.2) is 11.3 Å². The normalized spacial score (nSPS) is 11.7. The van der Waals surface area contributed by atoms with Gasteiger partial charge in [0.2, 0.25) is 5.55 Å². The molecule has 0 atom stereocenters. The van der Waals surface area contributed by atoms with Crippen LogP contribution in [0.1, 0.15) is 15.9 Å². The third-order valence-corrected chi connectivity index (χ3v) is 3.55. The highest BCUT2D eigenvalue weighted by atomic mass is 19.1. The molecule has 1 aromatic heterocycles. The number of nitrogens with two attached hydrogens (primary N) is 1. The number of hydrogen-bond donors (Lipinski definition) is 1. The Hall–Kier alpha value is -3.15. The molecule has 0 bridgehead atoms. The summed E-state index contributed by atoms with van der Waals surface area (Å²) in [5, 5.41) is 0.631. The summed E-state index contributed by atoms with van der Waals surface area (Å²) >= 11 is 0. The van der Waals surface area contributed by atoms with Crippen LogP contribution >= 0.6 is 0 Å². The van der Waals surface area contributed by atoms with Gasteiger partial charge >= 0.3 is 0 Å². The van der Waals surface area contributed by atoms with E-state index in [9.17, 15) is 9.18 Å². The lowest BCUT2D eigenvalue weighted by Crippen LogP contribution is -2.21. The van der Waals surface area contributed by atoms with Gasteiger partial charge in [-0.3, -0.25) is 4.79 Å². The van der Waals surface area contributed by atoms with Gasteiger partial charge in [0, 0.05) is 5.39 Å². The van der Waals surface area contributed by atoms with Crippen LogP contribution in [0.5, 0.6) is 5.75 Å². The fourth-order valence-corrected chi connectivity index (χ4v) is 2.36. The predicted molar refractivity (Wildman–Crippen MR) is 87.6 cm³/mol. The van der Waals surface area contributed by atoms with E-state index in [4.69, 9.17) is 14.9 Å². The highest BCUT2D eigenvalue weighted by molar-refractivity contribution is 5.96. The number of primary amides is 1. The molecule has 2 N–H and O–H groups in total. The van der Waals surface area contributed by atoms with Crippen LogP contribution in [0.15, 0.2) is 51.9 Å². The molecule has 0 unspecified atom stereocenters. The molecule has 3 rings (SSSR count). The molecule has 0 aliphatic heterocycles. The predicted octanol–water partition coefficient (Wildman–Crippen LogP) is 3.22. The quantitative estimate of drug-likeness (QED) is 0.802. The Morgan fingerprint density at radius 3 is 2.75 bits per heavy atom. The van der Waals surface area contributed by atoms with E-state index in [1.807, 2.05) is 6.92 Å². The molecule has 1 amide bonds. The summed E-state index contributed by atoms with van der Waals surface area (Å²) in [6.07, 6.45) is 0. The summed E-state index contributed by atoms with van der Waals surface area (Å²) in [5.74, 6) is -0.758. The first kappa shape index (κ1) is 15.7. The molecule has 3 aromatic rings. The highest BCUT2D eigenvalue weighted by Gasteiger charge is 2.13. The van der Waals surface area contributed by atoms with Crippen molar-refractivity contribution in [2.24, 2.45) is 10.7 Å². The summed E-state index contributed by atoms with van der Waals surface area (Å²) in [6.45, 7) is 1.81. The van der Waals surface area contributed by atoms with E-state index >= 15 is 0 Å². The number of halogens is 1. The molecule has 0 spiro atoms. The van der Waals surface area contributed by atoms with Crippen LogP contribution in [0, 0.1) is 12.7 Å². The van der Waals surface area contributed by atoms with Crippen LogP contribution in [0.4, 0.5) is 10.1 Å². The molecule has 1 heterocycles. The number of methoxy groups -OCH3 is 1. The molecular weight excluding hydrogens is 311 g/mol. The van der Waals surface area contributed by atoms with E-state index in [0.29, 0.717) is 16.7 Å². The van der Waals surface area contributed by atoms with E-state index in [1.165, 1.54) is 13.2 Å². The second kappa shape index (κ2) is 6.16. The standard InChI is InChI=1S/C18H15FN2O3/c1-10-6-7-13(19)14(8-10)21-18-12(17(20)22)9-11-4-3-5-15(23-2)16(11)24-18/h3-9H,1-2H3,(H2,20,22). The van der Waals surface area contributed by atoms with Crippen molar-refractivity contribution in [1.82, 2.24) is 0 Å². The minimum absolute atomic E-state index is 0.0653. The van der Waals surface area contributed by atoms with Crippen molar-refractivity contribution in [3.8, 4) is 5.75 Å². The number of amides is 1. The van der Waals surface area contributed by atoms with Crippen LogP contribution in [-0.4, -0.2) is 13.0 Å². The smallest absolute Gasteiger partial charge is 0.254 e. The molecule has 0 saturated heterocycles. The van der Waals surface area contributed by atoms with Crippen LogP contribution in [0.2, 0.25) is 0 Å². The molecule has 24 heavy (non-hydrogen) atoms. The van der Waals surface area contributed by atoms with Crippen LogP contribution in [-0.2, 0) is 0 Å². The van der Waals surface area contributed by atoms with Gasteiger partial charge in [0.25, 0.3) is 5.91 Å². The van der Waals surface area contributed by atoms with E-state index in [-0.39, 0.29) is 16.8 Å². The van der Waals surface area contributed by atoms with Crippen molar-refractivity contribution in [1.29, 1.82) is 0 Å². The van der Waals surface area contributed by atoms with Crippen molar-refractivity contribution < 1.29 is 18.3 Å². The monoisotopic (exact) mass is 326 g/mol. The minimum atomic E-state index is -0.713. The molecule has 0 aliphatic carbocycles. The van der Waals surface area contributed by atoms with Crippen LogP contribution in [0.25, 0.3) is 11.0 Å². The number of aryl methyl sites for hydroxylation is 1. The van der Waals surface area contributed by atoms with E-state index in [2.05, 4.69) is 4.99 Å². The zero-order valence-corrected chi connectivity index (χ0v) is 13.2. The number of rotatable bonds is 3. The molecule has 0 aliphatic rings. The largest absolute Gasteiger partial charge is 0.493 e. The first-order valence-corrected chi connectivity index (χ1v) is 7.21. The van der Waals surface area contributed by atoms with Crippen molar-refractivity contribution in [2.45, 2.75) is 6.92 Å². The Morgan fingerprint density at radius 2 is 2.04 bits per heavy atom. The average Bonchev–Trinajstić information content (AvgIpc) is 2.56. The number of hydrogen-bond acceptors (Lipinski definition) is 4. The van der Waals surface area contributed by atoms with Gasteiger partial charge < -0.3 is 14.9 Å². The minimum Gasteiger partial charge on any atom is -0.493 e. The Kier molecular flexibility index (Phi) is 4.04. The van der Waals surface area contributed by atoms with Crippen molar-refractivity contribution in [3.05, 3.63) is 65.0 Å². The zero-order valence-electron chi connectivity index (χ0n) is 13.2. The second-order valence-electron chi connectivity index (χ2n) is 5.27. The number of fused-ring (bicyclic) bond motifs is 1. The van der Waals surface area contributed by atoms with E-state index in [1.54, 1.807) is 36.4 Å². The van der Waals surface area contributed by atoms with Crippen LogP contribution < -0.4 is 16.0 Å². The Morgan fingerprint density at radius 1 is 1.25 bits per heavy atom. The molecule has 122 valence electrons. The first-order valence-electron chi connectivity index (χ1n) is 7.21. The maximum absolute atomic E-state index is 14.0. The summed E-state index contributed by atoms with van der Waals surface area (Å²) in [4.78, 5) is 15.9. The lowest BCUT2D eigenvalue weighted by atomic mass is 10.1. The fraction of sp³-hybridized carbons (Fsp3) is 0.111. The first-order chi connectivity index (χ1) is 11.5. The molecule has 0 saturated carbocycles. The molecule has 6 heteroatoms. The molecule has 5 nitrogen and oxygen atoms in total. The number of ether oxygens (including phenoxy) is 1. The van der Waals surface area contributed by atoms with Crippen LogP contribution in [0.3, 0.4) is 0 Å². The summed E-state index contributed by atoms with van der Waals surface area (Å²) in [5.41, 5.74) is 6.71. The maximum atomic E-state index is 14.0. The number of para-hydroxylation sites is 1. The van der Waals surface area contributed by atoms with Crippen molar-refractivity contribution in [2.75, 3.05) is 7.11 Å². The van der Waals surface area contributed by atoms with Gasteiger partial charge in [0.1, 0.15) is 17.1 Å². The molecule has 0 fully saturated rings. The summed E-state index contributed by atoms with van der Waals surface area (Å²) < 4.78 is 24.9. The molecule has 2 aromatic carbocycles. The topological polar surface area (TPSA) is 77.8 Å². The Bertz CT molecular complexity index is 1010. The van der Waals surface area contributed by atoms with E-state index in [0.717, 1.165) is 5.56 Å². The second-order valence-corrected chi connectivity index (χ2v) is 5.27. The Labute approximate surface area is 137 Å². The van der Waals surface area contributed by atoms with Crippen molar-refractivity contribution >= 4 is 22.6 Å². The van der Waals surface area contributed by atoms with Gasteiger partial charge in [-0.15, -0.1) is 0 Å². The number of benzene rings is 2. The average molecular weight is 326 g/mol. The maximum Gasteiger partial charge on any atom is 0.254 e. The van der Waals surface area contributed by atoms with Gasteiger partial charge in [-0.2, -0.15) is 0 Å².